The molecule has 0 saturated carbocycles. The average molecular weight is 233 g/mol. The quantitative estimate of drug-likeness (QED) is 0.882. The van der Waals surface area contributed by atoms with Crippen LogP contribution < -0.4 is 10.5 Å². The minimum Gasteiger partial charge on any atom is -0.424 e. The third-order valence-corrected chi connectivity index (χ3v) is 2.27. The molecule has 1 heterocycles. The number of nitrogens with zero attached hydrogens (tertiary/aromatic N) is 2. The Labute approximate surface area is 98.3 Å². The number of rotatable bonds is 3. The second-order valence-electron chi connectivity index (χ2n) is 3.59. The van der Waals surface area contributed by atoms with Crippen LogP contribution in [0.1, 0.15) is 11.1 Å². The number of hydrogen-bond donors (Lipinski definition) is 1. The topological polar surface area (TPSA) is 61.0 Å². The summed E-state index contributed by atoms with van der Waals surface area (Å²) in [6.07, 6.45) is 3.16. The van der Waals surface area contributed by atoms with Gasteiger partial charge in [-0.1, -0.05) is 6.07 Å². The van der Waals surface area contributed by atoms with Crippen molar-refractivity contribution >= 4 is 0 Å². The van der Waals surface area contributed by atoms with E-state index in [2.05, 4.69) is 9.97 Å². The predicted molar refractivity (Wildman–Crippen MR) is 61.1 cm³/mol. The van der Waals surface area contributed by atoms with Gasteiger partial charge in [-0.3, -0.25) is 0 Å². The van der Waals surface area contributed by atoms with Crippen molar-refractivity contribution in [1.82, 2.24) is 9.97 Å². The highest BCUT2D eigenvalue weighted by Crippen LogP contribution is 2.22. The van der Waals surface area contributed by atoms with Crippen LogP contribution in [-0.4, -0.2) is 9.97 Å². The molecule has 0 saturated heterocycles. The smallest absolute Gasteiger partial charge is 0.321 e. The van der Waals surface area contributed by atoms with E-state index in [-0.39, 0.29) is 11.8 Å². The molecule has 0 aliphatic heterocycles. The number of hydrogen-bond acceptors (Lipinski definition) is 4. The van der Waals surface area contributed by atoms with Crippen LogP contribution in [0.4, 0.5) is 4.39 Å². The maximum atomic E-state index is 13.0. The maximum Gasteiger partial charge on any atom is 0.321 e. The van der Waals surface area contributed by atoms with Crippen molar-refractivity contribution in [3.63, 3.8) is 0 Å². The van der Waals surface area contributed by atoms with E-state index in [1.54, 1.807) is 18.5 Å². The Balaban J connectivity index is 2.22. The number of benzene rings is 1. The van der Waals surface area contributed by atoms with Gasteiger partial charge in [-0.2, -0.15) is 0 Å². The van der Waals surface area contributed by atoms with Crippen LogP contribution in [0, 0.1) is 12.7 Å². The van der Waals surface area contributed by atoms with Gasteiger partial charge in [0, 0.05) is 30.6 Å². The summed E-state index contributed by atoms with van der Waals surface area (Å²) in [5, 5.41) is 0. The molecular weight excluding hydrogens is 221 g/mol. The Kier molecular flexibility index (Phi) is 3.30. The van der Waals surface area contributed by atoms with Crippen molar-refractivity contribution < 1.29 is 9.13 Å². The molecule has 17 heavy (non-hydrogen) atoms. The Bertz CT molecular complexity index is 514. The molecule has 1 aromatic carbocycles. The lowest BCUT2D eigenvalue weighted by molar-refractivity contribution is 0.434. The first-order valence-electron chi connectivity index (χ1n) is 5.14. The molecule has 0 bridgehead atoms. The van der Waals surface area contributed by atoms with Gasteiger partial charge in [0.15, 0.2) is 0 Å². The van der Waals surface area contributed by atoms with E-state index in [9.17, 15) is 4.39 Å². The van der Waals surface area contributed by atoms with Crippen molar-refractivity contribution in [2.75, 3.05) is 0 Å². The van der Waals surface area contributed by atoms with E-state index in [4.69, 9.17) is 10.5 Å². The fraction of sp³-hybridized carbons (Fsp3) is 0.167. The van der Waals surface area contributed by atoms with Crippen molar-refractivity contribution in [1.29, 1.82) is 0 Å². The summed E-state index contributed by atoms with van der Waals surface area (Å²) in [6.45, 7) is 2.20. The molecule has 0 atom stereocenters. The SMILES string of the molecule is Cc1ccc(F)cc1Oc1ncc(CN)cn1. The standard InChI is InChI=1S/C12H12FN3O/c1-8-2-3-10(13)4-11(8)17-12-15-6-9(5-14)7-16-12/h2-4,6-7H,5,14H2,1H3. The van der Waals surface area contributed by atoms with Gasteiger partial charge in [-0.15, -0.1) is 0 Å². The highest BCUT2D eigenvalue weighted by atomic mass is 19.1. The first-order chi connectivity index (χ1) is 8.19. The zero-order valence-electron chi connectivity index (χ0n) is 9.35. The van der Waals surface area contributed by atoms with Crippen molar-refractivity contribution in [3.05, 3.63) is 47.5 Å². The molecule has 0 radical (unpaired) electrons. The van der Waals surface area contributed by atoms with Gasteiger partial charge in [0.25, 0.3) is 0 Å². The van der Waals surface area contributed by atoms with E-state index >= 15 is 0 Å². The molecule has 0 aliphatic rings. The summed E-state index contributed by atoms with van der Waals surface area (Å²) < 4.78 is 18.4. The van der Waals surface area contributed by atoms with Crippen LogP contribution >= 0.6 is 0 Å². The lowest BCUT2D eigenvalue weighted by Crippen LogP contribution is -1.99. The Hall–Kier alpha value is -2.01. The summed E-state index contributed by atoms with van der Waals surface area (Å²) in [4.78, 5) is 7.96. The predicted octanol–water partition coefficient (Wildman–Crippen LogP) is 2.18. The molecule has 4 nitrogen and oxygen atoms in total. The molecule has 2 rings (SSSR count). The Morgan fingerprint density at radius 1 is 1.29 bits per heavy atom. The summed E-state index contributed by atoms with van der Waals surface area (Å²) >= 11 is 0. The fourth-order valence-corrected chi connectivity index (χ4v) is 1.28. The maximum absolute atomic E-state index is 13.0. The highest BCUT2D eigenvalue weighted by molar-refractivity contribution is 5.34. The normalized spacial score (nSPS) is 10.3. The third kappa shape index (κ3) is 2.76. The minimum atomic E-state index is -0.357. The second kappa shape index (κ2) is 4.88. The van der Waals surface area contributed by atoms with Crippen LogP contribution in [0.5, 0.6) is 11.8 Å². The van der Waals surface area contributed by atoms with Gasteiger partial charge in [0.2, 0.25) is 0 Å². The molecule has 0 spiro atoms. The second-order valence-corrected chi connectivity index (χ2v) is 3.59. The van der Waals surface area contributed by atoms with E-state index in [1.807, 2.05) is 6.92 Å². The molecule has 0 unspecified atom stereocenters. The average Bonchev–Trinajstić information content (AvgIpc) is 2.35. The van der Waals surface area contributed by atoms with Gasteiger partial charge in [0.05, 0.1) is 0 Å². The zero-order chi connectivity index (χ0) is 12.3. The molecule has 88 valence electrons. The van der Waals surface area contributed by atoms with Crippen molar-refractivity contribution in [3.8, 4) is 11.8 Å². The monoisotopic (exact) mass is 233 g/mol. The lowest BCUT2D eigenvalue weighted by atomic mass is 10.2. The largest absolute Gasteiger partial charge is 0.424 e. The van der Waals surface area contributed by atoms with Gasteiger partial charge < -0.3 is 10.5 Å². The van der Waals surface area contributed by atoms with E-state index in [1.165, 1.54) is 12.1 Å². The Morgan fingerprint density at radius 2 is 2.00 bits per heavy atom. The van der Waals surface area contributed by atoms with Crippen LogP contribution in [-0.2, 0) is 6.54 Å². The van der Waals surface area contributed by atoms with Gasteiger partial charge in [0.1, 0.15) is 11.6 Å². The minimum absolute atomic E-state index is 0.177. The number of aryl methyl sites for hydroxylation is 1. The fourth-order valence-electron chi connectivity index (χ4n) is 1.28. The third-order valence-electron chi connectivity index (χ3n) is 2.27. The van der Waals surface area contributed by atoms with Gasteiger partial charge in [-0.25, -0.2) is 14.4 Å². The van der Waals surface area contributed by atoms with Crippen LogP contribution in [0.25, 0.3) is 0 Å². The summed E-state index contributed by atoms with van der Waals surface area (Å²) in [5.74, 6) is 0.0506. The van der Waals surface area contributed by atoms with Crippen molar-refractivity contribution in [2.45, 2.75) is 13.5 Å². The first-order valence-corrected chi connectivity index (χ1v) is 5.14. The molecule has 0 aliphatic carbocycles. The molecular formula is C12H12FN3O. The Morgan fingerprint density at radius 3 is 2.65 bits per heavy atom. The van der Waals surface area contributed by atoms with Crippen LogP contribution in [0.3, 0.4) is 0 Å². The van der Waals surface area contributed by atoms with Crippen LogP contribution in [0.2, 0.25) is 0 Å². The number of aromatic nitrogens is 2. The molecule has 2 aromatic rings. The summed E-state index contributed by atoms with van der Waals surface area (Å²) in [5.41, 5.74) is 7.06. The summed E-state index contributed by atoms with van der Waals surface area (Å²) in [6, 6.07) is 4.49. The van der Waals surface area contributed by atoms with E-state index in [0.29, 0.717) is 12.3 Å². The lowest BCUT2D eigenvalue weighted by Gasteiger charge is -2.06. The van der Waals surface area contributed by atoms with E-state index < -0.39 is 0 Å². The van der Waals surface area contributed by atoms with Gasteiger partial charge in [-0.05, 0) is 18.6 Å². The summed E-state index contributed by atoms with van der Waals surface area (Å²) in [7, 11) is 0. The first kappa shape index (κ1) is 11.5. The number of ether oxygens (including phenoxy) is 1. The highest BCUT2D eigenvalue weighted by Gasteiger charge is 2.05. The van der Waals surface area contributed by atoms with Gasteiger partial charge >= 0.3 is 6.01 Å². The van der Waals surface area contributed by atoms with E-state index in [0.717, 1.165) is 11.1 Å². The number of halogens is 1. The van der Waals surface area contributed by atoms with Crippen molar-refractivity contribution in [2.24, 2.45) is 5.73 Å². The molecule has 0 amide bonds. The molecule has 2 N–H and O–H groups in total. The van der Waals surface area contributed by atoms with Crippen LogP contribution in [0.15, 0.2) is 30.6 Å². The number of nitrogens with two attached hydrogens (primary N) is 1. The molecule has 1 aromatic heterocycles. The zero-order valence-corrected chi connectivity index (χ0v) is 9.35. The molecule has 5 heteroatoms. The molecule has 0 fully saturated rings.